The lowest BCUT2D eigenvalue weighted by molar-refractivity contribution is 0.372. The average Bonchev–Trinajstić information content (AvgIpc) is 3.31. The second-order valence-electron chi connectivity index (χ2n) is 13.1. The molecule has 0 spiro atoms. The SMILES string of the molecule is CC(C)c1cccc2c1NC(c1nc(-c3cc(C(C)(C)C)cc(C(C)(C)C)c3)no1)c1ccccc1C2C. The molecule has 0 aliphatic carbocycles. The molecule has 5 rings (SSSR count). The van der Waals surface area contributed by atoms with Crippen LogP contribution in [0.2, 0.25) is 0 Å². The van der Waals surface area contributed by atoms with E-state index in [4.69, 9.17) is 9.51 Å². The lowest BCUT2D eigenvalue weighted by atomic mass is 9.79. The first kappa shape index (κ1) is 26.2. The molecule has 198 valence electrons. The molecular weight excluding hydrogens is 466 g/mol. The minimum atomic E-state index is -0.232. The van der Waals surface area contributed by atoms with Gasteiger partial charge in [-0.3, -0.25) is 0 Å². The summed E-state index contributed by atoms with van der Waals surface area (Å²) in [5, 5.41) is 8.37. The van der Waals surface area contributed by atoms with Crippen LogP contribution in [0.25, 0.3) is 11.4 Å². The molecule has 0 saturated heterocycles. The van der Waals surface area contributed by atoms with Crippen LogP contribution >= 0.6 is 0 Å². The maximum atomic E-state index is 6.05. The van der Waals surface area contributed by atoms with Crippen molar-refractivity contribution in [1.29, 1.82) is 0 Å². The van der Waals surface area contributed by atoms with Gasteiger partial charge in [0.15, 0.2) is 0 Å². The fourth-order valence-electron chi connectivity index (χ4n) is 5.44. The molecule has 1 aliphatic rings. The van der Waals surface area contributed by atoms with E-state index in [0.717, 1.165) is 5.56 Å². The molecule has 38 heavy (non-hydrogen) atoms. The molecule has 4 nitrogen and oxygen atoms in total. The smallest absolute Gasteiger partial charge is 0.254 e. The number of aromatic nitrogens is 2. The van der Waals surface area contributed by atoms with Crippen molar-refractivity contribution in [3.05, 3.63) is 99.9 Å². The zero-order valence-electron chi connectivity index (χ0n) is 24.3. The largest absolute Gasteiger partial charge is 0.370 e. The number of rotatable bonds is 3. The molecule has 2 unspecified atom stereocenters. The first-order valence-electron chi connectivity index (χ1n) is 13.8. The number of hydrogen-bond acceptors (Lipinski definition) is 4. The highest BCUT2D eigenvalue weighted by Crippen LogP contribution is 2.44. The average molecular weight is 508 g/mol. The van der Waals surface area contributed by atoms with Gasteiger partial charge in [0.05, 0.1) is 0 Å². The summed E-state index contributed by atoms with van der Waals surface area (Å²) in [7, 11) is 0. The Kier molecular flexibility index (Phi) is 6.49. The van der Waals surface area contributed by atoms with Gasteiger partial charge < -0.3 is 9.84 Å². The number of nitrogens with zero attached hydrogens (tertiary/aromatic N) is 2. The Morgan fingerprint density at radius 3 is 2.00 bits per heavy atom. The van der Waals surface area contributed by atoms with Crippen LogP contribution in [0.5, 0.6) is 0 Å². The normalized spacial score (nSPS) is 17.5. The fourth-order valence-corrected chi connectivity index (χ4v) is 5.44. The molecule has 0 saturated carbocycles. The van der Waals surface area contributed by atoms with Gasteiger partial charge in [0.2, 0.25) is 5.82 Å². The Bertz CT molecular complexity index is 1430. The van der Waals surface area contributed by atoms with Gasteiger partial charge in [0.25, 0.3) is 5.89 Å². The van der Waals surface area contributed by atoms with Gasteiger partial charge in [0, 0.05) is 17.2 Å². The number of fused-ring (bicyclic) bond motifs is 2. The van der Waals surface area contributed by atoms with E-state index < -0.39 is 0 Å². The summed E-state index contributed by atoms with van der Waals surface area (Å²) >= 11 is 0. The summed E-state index contributed by atoms with van der Waals surface area (Å²) < 4.78 is 6.05. The van der Waals surface area contributed by atoms with E-state index in [9.17, 15) is 0 Å². The highest BCUT2D eigenvalue weighted by molar-refractivity contribution is 5.66. The Morgan fingerprint density at radius 1 is 0.789 bits per heavy atom. The molecule has 4 aromatic rings. The zero-order valence-corrected chi connectivity index (χ0v) is 24.3. The van der Waals surface area contributed by atoms with E-state index >= 15 is 0 Å². The molecule has 4 heteroatoms. The van der Waals surface area contributed by atoms with Crippen molar-refractivity contribution in [1.82, 2.24) is 10.1 Å². The van der Waals surface area contributed by atoms with Crippen LogP contribution in [-0.4, -0.2) is 10.1 Å². The van der Waals surface area contributed by atoms with E-state index in [2.05, 4.69) is 133 Å². The van der Waals surface area contributed by atoms with Gasteiger partial charge in [-0.2, -0.15) is 4.98 Å². The monoisotopic (exact) mass is 507 g/mol. The van der Waals surface area contributed by atoms with Crippen LogP contribution in [0, 0.1) is 0 Å². The first-order chi connectivity index (χ1) is 17.8. The second kappa shape index (κ2) is 9.41. The van der Waals surface area contributed by atoms with Crippen molar-refractivity contribution in [3.63, 3.8) is 0 Å². The van der Waals surface area contributed by atoms with Crippen LogP contribution in [0.3, 0.4) is 0 Å². The van der Waals surface area contributed by atoms with Crippen LogP contribution in [0.4, 0.5) is 5.69 Å². The lowest BCUT2D eigenvalue weighted by Crippen LogP contribution is -2.16. The number of para-hydroxylation sites is 1. The van der Waals surface area contributed by atoms with Gasteiger partial charge >= 0.3 is 0 Å². The van der Waals surface area contributed by atoms with Crippen molar-refractivity contribution in [2.75, 3.05) is 5.32 Å². The molecule has 1 aliphatic heterocycles. The van der Waals surface area contributed by atoms with Crippen LogP contribution in [0.1, 0.15) is 119 Å². The van der Waals surface area contributed by atoms with E-state index in [0.29, 0.717) is 17.6 Å². The molecule has 2 atom stereocenters. The van der Waals surface area contributed by atoms with E-state index in [1.807, 2.05) is 0 Å². The standard InChI is InChI=1S/C34H41N3O/c1-20(2)25-15-12-16-27-21(3)26-13-10-11-14-28(26)30(35-29(25)27)32-36-31(37-38-32)22-17-23(33(4,5)6)19-24(18-22)34(7,8)9/h10-21,30,35H,1-9H3. The minimum absolute atomic E-state index is 0.0114. The highest BCUT2D eigenvalue weighted by atomic mass is 16.5. The van der Waals surface area contributed by atoms with Gasteiger partial charge in [-0.15, -0.1) is 0 Å². The molecule has 0 fully saturated rings. The Morgan fingerprint density at radius 2 is 1.39 bits per heavy atom. The number of nitrogens with one attached hydrogen (secondary N) is 1. The summed E-state index contributed by atoms with van der Waals surface area (Å²) in [6, 6.07) is 21.8. The summed E-state index contributed by atoms with van der Waals surface area (Å²) in [6.07, 6.45) is 0. The van der Waals surface area contributed by atoms with E-state index in [1.54, 1.807) is 0 Å². The van der Waals surface area contributed by atoms with E-state index in [1.165, 1.54) is 39.1 Å². The molecule has 0 amide bonds. The molecular formula is C34H41N3O. The second-order valence-corrected chi connectivity index (χ2v) is 13.1. The van der Waals surface area contributed by atoms with Gasteiger partial charge in [0.1, 0.15) is 6.04 Å². The highest BCUT2D eigenvalue weighted by Gasteiger charge is 2.32. The van der Waals surface area contributed by atoms with Crippen LogP contribution in [-0.2, 0) is 10.8 Å². The Balaban J connectivity index is 1.65. The lowest BCUT2D eigenvalue weighted by Gasteiger charge is -2.25. The third-order valence-corrected chi connectivity index (χ3v) is 7.89. The zero-order chi connectivity index (χ0) is 27.4. The molecule has 0 bridgehead atoms. The van der Waals surface area contributed by atoms with Crippen molar-refractivity contribution >= 4 is 5.69 Å². The predicted octanol–water partition coefficient (Wildman–Crippen LogP) is 9.12. The van der Waals surface area contributed by atoms with E-state index in [-0.39, 0.29) is 22.8 Å². The minimum Gasteiger partial charge on any atom is -0.370 e. The molecule has 1 N–H and O–H groups in total. The van der Waals surface area contributed by atoms with Crippen molar-refractivity contribution < 1.29 is 4.52 Å². The summed E-state index contributed by atoms with van der Waals surface area (Å²) in [5.41, 5.74) is 9.82. The predicted molar refractivity (Wildman–Crippen MR) is 157 cm³/mol. The van der Waals surface area contributed by atoms with Crippen molar-refractivity contribution in [3.8, 4) is 11.4 Å². The topological polar surface area (TPSA) is 51.0 Å². The molecule has 1 aromatic heterocycles. The quantitative estimate of drug-likeness (QED) is 0.300. The first-order valence-corrected chi connectivity index (χ1v) is 13.8. The maximum Gasteiger partial charge on any atom is 0.254 e. The number of benzene rings is 3. The molecule has 2 heterocycles. The summed E-state index contributed by atoms with van der Waals surface area (Å²) in [4.78, 5) is 5.02. The van der Waals surface area contributed by atoms with Crippen molar-refractivity contribution in [2.45, 2.75) is 91.0 Å². The third kappa shape index (κ3) is 4.77. The summed E-state index contributed by atoms with van der Waals surface area (Å²) in [5.74, 6) is 1.85. The van der Waals surface area contributed by atoms with Crippen molar-refractivity contribution in [2.24, 2.45) is 0 Å². The Hall–Kier alpha value is -3.40. The van der Waals surface area contributed by atoms with Gasteiger partial charge in [-0.25, -0.2) is 0 Å². The maximum absolute atomic E-state index is 6.05. The third-order valence-electron chi connectivity index (χ3n) is 7.89. The fraction of sp³-hybridized carbons (Fsp3) is 0.412. The Labute approximate surface area is 227 Å². The van der Waals surface area contributed by atoms with Crippen LogP contribution < -0.4 is 5.32 Å². The number of hydrogen-bond donors (Lipinski definition) is 1. The van der Waals surface area contributed by atoms with Gasteiger partial charge in [-0.1, -0.05) is 116 Å². The molecule has 0 radical (unpaired) electrons. The summed E-state index contributed by atoms with van der Waals surface area (Å²) in [6.45, 7) is 20.3. The van der Waals surface area contributed by atoms with Crippen LogP contribution in [0.15, 0.2) is 65.2 Å². The number of anilines is 1. The molecule has 3 aromatic carbocycles. The van der Waals surface area contributed by atoms with Gasteiger partial charge in [-0.05, 0) is 62.3 Å².